The second kappa shape index (κ2) is 5.63. The van der Waals surface area contributed by atoms with E-state index in [0.717, 1.165) is 38.8 Å². The second-order valence-electron chi connectivity index (χ2n) is 6.30. The van der Waals surface area contributed by atoms with Crippen LogP contribution >= 0.6 is 0 Å². The van der Waals surface area contributed by atoms with E-state index in [1.165, 1.54) is 31.4 Å². The normalized spacial score (nSPS) is 26.7. The number of nitrogens with zero attached hydrogens (tertiary/aromatic N) is 2. The van der Waals surface area contributed by atoms with Crippen molar-refractivity contribution in [2.45, 2.75) is 44.6 Å². The van der Waals surface area contributed by atoms with Crippen molar-refractivity contribution in [2.75, 3.05) is 26.3 Å². The molecule has 1 atom stereocenters. The summed E-state index contributed by atoms with van der Waals surface area (Å²) in [4.78, 5) is 4.40. The van der Waals surface area contributed by atoms with Crippen molar-refractivity contribution in [3.05, 3.63) is 18.2 Å². The summed E-state index contributed by atoms with van der Waals surface area (Å²) in [6.45, 7) is 7.62. The second-order valence-corrected chi connectivity index (χ2v) is 6.30. The number of ether oxygens (including phenoxy) is 1. The molecule has 0 amide bonds. The van der Waals surface area contributed by atoms with E-state index >= 15 is 0 Å². The lowest BCUT2D eigenvalue weighted by molar-refractivity contribution is 0.183. The number of aryl methyl sites for hydroxylation is 1. The average molecular weight is 263 g/mol. The summed E-state index contributed by atoms with van der Waals surface area (Å²) in [5, 5.41) is 3.45. The highest BCUT2D eigenvalue weighted by molar-refractivity contribution is 5.15. The Kier molecular flexibility index (Phi) is 3.89. The Bertz CT molecular complexity index is 403. The van der Waals surface area contributed by atoms with Gasteiger partial charge in [-0.25, -0.2) is 4.98 Å². The van der Waals surface area contributed by atoms with Gasteiger partial charge in [0.15, 0.2) is 0 Å². The molecule has 0 radical (unpaired) electrons. The first kappa shape index (κ1) is 13.1. The van der Waals surface area contributed by atoms with Crippen molar-refractivity contribution in [1.29, 1.82) is 0 Å². The molecule has 1 aromatic heterocycles. The molecule has 1 N–H and O–H groups in total. The van der Waals surface area contributed by atoms with Gasteiger partial charge in [0.05, 0.1) is 6.33 Å². The van der Waals surface area contributed by atoms with Crippen LogP contribution in [0.2, 0.25) is 0 Å². The Morgan fingerprint density at radius 3 is 3.05 bits per heavy atom. The third-order valence-corrected chi connectivity index (χ3v) is 4.84. The zero-order valence-electron chi connectivity index (χ0n) is 11.9. The minimum atomic E-state index is 0.300. The first-order chi connectivity index (χ1) is 9.28. The van der Waals surface area contributed by atoms with Crippen molar-refractivity contribution in [1.82, 2.24) is 14.9 Å². The van der Waals surface area contributed by atoms with Gasteiger partial charge in [0.2, 0.25) is 0 Å². The Balaban J connectivity index is 1.67. The maximum atomic E-state index is 5.46. The van der Waals surface area contributed by atoms with Crippen molar-refractivity contribution in [2.24, 2.45) is 5.92 Å². The first-order valence-corrected chi connectivity index (χ1v) is 7.57. The summed E-state index contributed by atoms with van der Waals surface area (Å²) in [7, 11) is 0. The molecule has 2 fully saturated rings. The predicted octanol–water partition coefficient (Wildman–Crippen LogP) is 1.95. The molecular weight excluding hydrogens is 238 g/mol. The molecule has 1 aromatic rings. The zero-order valence-corrected chi connectivity index (χ0v) is 11.9. The molecule has 0 aromatic carbocycles. The molecule has 4 nitrogen and oxygen atoms in total. The van der Waals surface area contributed by atoms with Crippen molar-refractivity contribution in [3.8, 4) is 0 Å². The van der Waals surface area contributed by atoms with E-state index < -0.39 is 0 Å². The van der Waals surface area contributed by atoms with E-state index in [4.69, 9.17) is 4.74 Å². The topological polar surface area (TPSA) is 39.1 Å². The third-order valence-electron chi connectivity index (χ3n) is 4.84. The molecule has 1 unspecified atom stereocenters. The predicted molar refractivity (Wildman–Crippen MR) is 75.2 cm³/mol. The molecule has 0 saturated carbocycles. The van der Waals surface area contributed by atoms with E-state index in [9.17, 15) is 0 Å². The molecule has 0 spiro atoms. The van der Waals surface area contributed by atoms with E-state index in [0.29, 0.717) is 5.41 Å². The summed E-state index contributed by atoms with van der Waals surface area (Å²) >= 11 is 0. The van der Waals surface area contributed by atoms with E-state index in [1.54, 1.807) is 0 Å². The minimum Gasteiger partial charge on any atom is -0.381 e. The number of imidazole rings is 1. The highest BCUT2D eigenvalue weighted by atomic mass is 16.5. The van der Waals surface area contributed by atoms with Crippen molar-refractivity contribution in [3.63, 3.8) is 0 Å². The fourth-order valence-corrected chi connectivity index (χ4v) is 3.37. The van der Waals surface area contributed by atoms with E-state index in [2.05, 4.69) is 28.0 Å². The smallest absolute Gasteiger partial charge is 0.0948 e. The number of aromatic nitrogens is 2. The Morgan fingerprint density at radius 1 is 1.47 bits per heavy atom. The molecule has 0 aliphatic carbocycles. The Labute approximate surface area is 115 Å². The lowest BCUT2D eigenvalue weighted by Gasteiger charge is -2.34. The summed E-state index contributed by atoms with van der Waals surface area (Å²) < 4.78 is 7.84. The standard InChI is InChI=1S/C15H25N3O/c1-15(4-6-16-7-5-15)14-10-17-12-18(14)8-2-13-3-9-19-11-13/h10,12-13,16H,2-9,11H2,1H3. The molecule has 4 heteroatoms. The molecule has 2 aliphatic heterocycles. The van der Waals surface area contributed by atoms with E-state index in [-0.39, 0.29) is 0 Å². The van der Waals surface area contributed by atoms with Crippen molar-refractivity contribution < 1.29 is 4.74 Å². The number of hydrogen-bond acceptors (Lipinski definition) is 3. The number of rotatable bonds is 4. The van der Waals surface area contributed by atoms with Crippen LogP contribution in [-0.4, -0.2) is 35.9 Å². The molecule has 0 bridgehead atoms. The molecular formula is C15H25N3O. The summed E-state index contributed by atoms with van der Waals surface area (Å²) in [6.07, 6.45) is 8.97. The summed E-state index contributed by atoms with van der Waals surface area (Å²) in [5.41, 5.74) is 1.72. The number of hydrogen-bond donors (Lipinski definition) is 1. The fraction of sp³-hybridized carbons (Fsp3) is 0.800. The number of nitrogens with one attached hydrogen (secondary N) is 1. The summed E-state index contributed by atoms with van der Waals surface area (Å²) in [6, 6.07) is 0. The lowest BCUT2D eigenvalue weighted by Crippen LogP contribution is -2.39. The average Bonchev–Trinajstić information content (AvgIpc) is 3.09. The molecule has 3 heterocycles. The highest BCUT2D eigenvalue weighted by Gasteiger charge is 2.31. The van der Waals surface area contributed by atoms with Gasteiger partial charge in [-0.2, -0.15) is 0 Å². The van der Waals surface area contributed by atoms with E-state index in [1.807, 2.05) is 6.33 Å². The van der Waals surface area contributed by atoms with Gasteiger partial charge in [0, 0.05) is 37.1 Å². The molecule has 3 rings (SSSR count). The first-order valence-electron chi connectivity index (χ1n) is 7.57. The molecule has 19 heavy (non-hydrogen) atoms. The molecule has 106 valence electrons. The monoisotopic (exact) mass is 263 g/mol. The largest absolute Gasteiger partial charge is 0.381 e. The van der Waals surface area contributed by atoms with Crippen LogP contribution in [0.1, 0.15) is 38.3 Å². The maximum Gasteiger partial charge on any atom is 0.0948 e. The van der Waals surface area contributed by atoms with Crippen molar-refractivity contribution >= 4 is 0 Å². The van der Waals surface area contributed by atoms with Gasteiger partial charge >= 0.3 is 0 Å². The van der Waals surface area contributed by atoms with Crippen LogP contribution in [0.15, 0.2) is 12.5 Å². The van der Waals surface area contributed by atoms with Crippen LogP contribution in [0.4, 0.5) is 0 Å². The van der Waals surface area contributed by atoms with Crippen LogP contribution in [0.3, 0.4) is 0 Å². The Morgan fingerprint density at radius 2 is 2.32 bits per heavy atom. The highest BCUT2D eigenvalue weighted by Crippen LogP contribution is 2.33. The number of piperidine rings is 1. The van der Waals surface area contributed by atoms with Gasteiger partial charge in [-0.3, -0.25) is 0 Å². The maximum absolute atomic E-state index is 5.46. The van der Waals surface area contributed by atoms with Gasteiger partial charge < -0.3 is 14.6 Å². The molecule has 2 saturated heterocycles. The lowest BCUT2D eigenvalue weighted by atomic mass is 9.78. The van der Waals surface area contributed by atoms with Crippen LogP contribution in [0.25, 0.3) is 0 Å². The van der Waals surface area contributed by atoms with Gasteiger partial charge in [0.25, 0.3) is 0 Å². The van der Waals surface area contributed by atoms with Gasteiger partial charge in [0.1, 0.15) is 0 Å². The fourth-order valence-electron chi connectivity index (χ4n) is 3.37. The van der Waals surface area contributed by atoms with Gasteiger partial charge in [-0.05, 0) is 44.7 Å². The van der Waals surface area contributed by atoms with Crippen LogP contribution in [0.5, 0.6) is 0 Å². The minimum absolute atomic E-state index is 0.300. The quantitative estimate of drug-likeness (QED) is 0.902. The molecule has 2 aliphatic rings. The summed E-state index contributed by atoms with van der Waals surface area (Å²) in [5.74, 6) is 0.746. The zero-order chi connectivity index (χ0) is 13.1. The van der Waals surface area contributed by atoms with Crippen LogP contribution in [-0.2, 0) is 16.7 Å². The van der Waals surface area contributed by atoms with Crippen LogP contribution < -0.4 is 5.32 Å². The SMILES string of the molecule is CC1(c2cncn2CCC2CCOC2)CCNCC1. The van der Waals surface area contributed by atoms with Gasteiger partial charge in [-0.1, -0.05) is 6.92 Å². The third kappa shape index (κ3) is 2.84. The van der Waals surface area contributed by atoms with Crippen LogP contribution in [0, 0.1) is 5.92 Å². The van der Waals surface area contributed by atoms with Gasteiger partial charge in [-0.15, -0.1) is 0 Å². The Hall–Kier alpha value is -0.870.